The number of anilines is 4. The molecule has 270 valence electrons. The van der Waals surface area contributed by atoms with E-state index in [0.29, 0.717) is 22.1 Å². The molecule has 0 aliphatic carbocycles. The highest BCUT2D eigenvalue weighted by Crippen LogP contribution is 2.29. The first-order valence-electron chi connectivity index (χ1n) is 16.3. The van der Waals surface area contributed by atoms with Gasteiger partial charge in [0.2, 0.25) is 0 Å². The van der Waals surface area contributed by atoms with Crippen LogP contribution in [0.15, 0.2) is 168 Å². The van der Waals surface area contributed by atoms with Crippen molar-refractivity contribution in [2.24, 2.45) is 0 Å². The number of carbonyl (C=O) groups is 2. The summed E-state index contributed by atoms with van der Waals surface area (Å²) in [5.41, 5.74) is 1.27. The minimum Gasteiger partial charge on any atom is -0.379 e. The van der Waals surface area contributed by atoms with Gasteiger partial charge in [-0.05, 0) is 83.6 Å². The first-order chi connectivity index (χ1) is 26.0. The largest absolute Gasteiger partial charge is 0.379 e. The van der Waals surface area contributed by atoms with Crippen LogP contribution >= 0.6 is 0 Å². The van der Waals surface area contributed by atoms with E-state index in [0.717, 1.165) is 10.8 Å². The molecule has 14 heteroatoms. The molecule has 0 spiro atoms. The van der Waals surface area contributed by atoms with E-state index in [1.807, 2.05) is 36.4 Å². The monoisotopic (exact) mass is 758 g/mol. The molecule has 7 aromatic carbocycles. The summed E-state index contributed by atoms with van der Waals surface area (Å²) >= 11 is 0. The zero-order valence-electron chi connectivity index (χ0n) is 28.1. The molecule has 0 saturated carbocycles. The maximum atomic E-state index is 13.1. The highest BCUT2D eigenvalue weighted by atomic mass is 32.2. The topological polar surface area (TPSA) is 169 Å². The summed E-state index contributed by atoms with van der Waals surface area (Å²) in [6.45, 7) is 0. The van der Waals surface area contributed by atoms with E-state index in [4.69, 9.17) is 8.37 Å². The fraction of sp³-hybridized carbons (Fsp3) is 0. The maximum absolute atomic E-state index is 13.1. The lowest BCUT2D eigenvalue weighted by molar-refractivity contribution is 0.261. The Kier molecular flexibility index (Phi) is 9.85. The van der Waals surface area contributed by atoms with Gasteiger partial charge in [0.1, 0.15) is 21.3 Å². The number of carbonyl (C=O) groups excluding carboxylic acids is 2. The lowest BCUT2D eigenvalue weighted by Crippen LogP contribution is -2.23. The van der Waals surface area contributed by atoms with Crippen molar-refractivity contribution in [1.29, 1.82) is 0 Å². The number of hydrogen-bond donors (Lipinski definition) is 4. The van der Waals surface area contributed by atoms with Gasteiger partial charge >= 0.3 is 32.3 Å². The molecule has 4 amide bonds. The van der Waals surface area contributed by atoms with Gasteiger partial charge in [0, 0.05) is 22.1 Å². The third-order valence-corrected chi connectivity index (χ3v) is 10.7. The number of fused-ring (bicyclic) bond motifs is 2. The second-order valence-electron chi connectivity index (χ2n) is 11.8. The number of urea groups is 2. The second kappa shape index (κ2) is 15.0. The van der Waals surface area contributed by atoms with Crippen molar-refractivity contribution in [2.75, 3.05) is 21.3 Å². The number of nitrogens with one attached hydrogen (secondary N) is 4. The van der Waals surface area contributed by atoms with Crippen molar-refractivity contribution in [3.05, 3.63) is 158 Å². The summed E-state index contributed by atoms with van der Waals surface area (Å²) in [5.74, 6) is 0.116. The number of benzene rings is 7. The van der Waals surface area contributed by atoms with Crippen LogP contribution in [0.2, 0.25) is 0 Å². The molecule has 4 N–H and O–H groups in total. The fourth-order valence-corrected chi connectivity index (χ4v) is 7.94. The van der Waals surface area contributed by atoms with Gasteiger partial charge in [-0.15, -0.1) is 0 Å². The van der Waals surface area contributed by atoms with Crippen molar-refractivity contribution in [3.8, 4) is 11.5 Å². The van der Waals surface area contributed by atoms with Crippen molar-refractivity contribution in [1.82, 2.24) is 0 Å². The molecular weight excluding hydrogens is 729 g/mol. The summed E-state index contributed by atoms with van der Waals surface area (Å²) in [6.07, 6.45) is 0. The quantitative estimate of drug-likeness (QED) is 0.100. The third-order valence-electron chi connectivity index (χ3n) is 8.10. The molecule has 0 saturated heterocycles. The van der Waals surface area contributed by atoms with Crippen molar-refractivity contribution in [2.45, 2.75) is 9.79 Å². The normalized spacial score (nSPS) is 11.4. The molecule has 0 aliphatic heterocycles. The average Bonchev–Trinajstić information content (AvgIpc) is 3.16. The Morgan fingerprint density at radius 3 is 1.15 bits per heavy atom. The minimum absolute atomic E-state index is 0.0387. The molecule has 0 bridgehead atoms. The molecule has 0 heterocycles. The average molecular weight is 759 g/mol. The van der Waals surface area contributed by atoms with Crippen molar-refractivity contribution < 1.29 is 34.8 Å². The number of para-hydroxylation sites is 2. The Morgan fingerprint density at radius 2 is 0.741 bits per heavy atom. The van der Waals surface area contributed by atoms with Gasteiger partial charge in [0.25, 0.3) is 0 Å². The van der Waals surface area contributed by atoms with Gasteiger partial charge < -0.3 is 29.6 Å². The number of hydrogen-bond acceptors (Lipinski definition) is 8. The SMILES string of the molecule is O=C(Nc1ccc(OS(=O)(=O)c2cccc3ccccc23)cc1)Nc1ccccc1NC(=O)Nc1ccc(OS(=O)(=O)c2cccc3ccccc23)cc1. The van der Waals surface area contributed by atoms with Crippen LogP contribution in [0.3, 0.4) is 0 Å². The molecule has 0 aromatic heterocycles. The van der Waals surface area contributed by atoms with Crippen molar-refractivity contribution in [3.63, 3.8) is 0 Å². The molecule has 12 nitrogen and oxygen atoms in total. The van der Waals surface area contributed by atoms with Gasteiger partial charge in [0.05, 0.1) is 11.4 Å². The van der Waals surface area contributed by atoms with E-state index in [1.165, 1.54) is 60.7 Å². The summed E-state index contributed by atoms with van der Waals surface area (Å²) in [4.78, 5) is 25.9. The Labute approximate surface area is 310 Å². The molecule has 7 aromatic rings. The van der Waals surface area contributed by atoms with Gasteiger partial charge in [-0.3, -0.25) is 0 Å². The summed E-state index contributed by atoms with van der Waals surface area (Å²) in [7, 11) is -8.29. The predicted molar refractivity (Wildman–Crippen MR) is 208 cm³/mol. The molecule has 0 aliphatic rings. The Morgan fingerprint density at radius 1 is 0.389 bits per heavy atom. The van der Waals surface area contributed by atoms with Crippen LogP contribution in [0, 0.1) is 0 Å². The molecular formula is C40H30N4O8S2. The molecule has 0 fully saturated rings. The maximum Gasteiger partial charge on any atom is 0.339 e. The van der Waals surface area contributed by atoms with Crippen LogP contribution in [0.25, 0.3) is 21.5 Å². The highest BCUT2D eigenvalue weighted by molar-refractivity contribution is 7.87. The first kappa shape index (κ1) is 35.5. The smallest absolute Gasteiger partial charge is 0.339 e. The Balaban J connectivity index is 0.939. The predicted octanol–water partition coefficient (Wildman–Crippen LogP) is 8.82. The summed E-state index contributed by atoms with van der Waals surface area (Å²) < 4.78 is 63.0. The van der Waals surface area contributed by atoms with E-state index >= 15 is 0 Å². The van der Waals surface area contributed by atoms with E-state index in [-0.39, 0.29) is 32.7 Å². The van der Waals surface area contributed by atoms with E-state index < -0.39 is 32.3 Å². The van der Waals surface area contributed by atoms with Gasteiger partial charge in [-0.2, -0.15) is 16.8 Å². The van der Waals surface area contributed by atoms with Crippen LogP contribution in [0.5, 0.6) is 11.5 Å². The number of rotatable bonds is 10. The van der Waals surface area contributed by atoms with E-state index in [2.05, 4.69) is 21.3 Å². The van der Waals surface area contributed by atoms with E-state index in [1.54, 1.807) is 60.7 Å². The van der Waals surface area contributed by atoms with Crippen LogP contribution in [0.4, 0.5) is 32.3 Å². The molecule has 54 heavy (non-hydrogen) atoms. The second-order valence-corrected chi connectivity index (χ2v) is 14.8. The van der Waals surface area contributed by atoms with Gasteiger partial charge in [0.15, 0.2) is 0 Å². The van der Waals surface area contributed by atoms with E-state index in [9.17, 15) is 26.4 Å². The Hall–Kier alpha value is -6.90. The van der Waals surface area contributed by atoms with Crippen LogP contribution in [-0.2, 0) is 20.2 Å². The third kappa shape index (κ3) is 8.09. The van der Waals surface area contributed by atoms with Gasteiger partial charge in [-0.1, -0.05) is 84.9 Å². The molecule has 0 unspecified atom stereocenters. The van der Waals surface area contributed by atoms with Crippen LogP contribution in [-0.4, -0.2) is 28.9 Å². The molecule has 7 rings (SSSR count). The first-order valence-corrected chi connectivity index (χ1v) is 19.2. The number of amides is 4. The van der Waals surface area contributed by atoms with Gasteiger partial charge in [-0.25, -0.2) is 9.59 Å². The molecule has 0 radical (unpaired) electrons. The fourth-order valence-electron chi connectivity index (χ4n) is 5.63. The highest BCUT2D eigenvalue weighted by Gasteiger charge is 2.21. The van der Waals surface area contributed by atoms with Crippen LogP contribution < -0.4 is 29.6 Å². The summed E-state index contributed by atoms with van der Waals surface area (Å²) in [5, 5.41) is 13.3. The Bertz CT molecular complexity index is 2540. The standard InChI is InChI=1S/C40H30N4O8S2/c45-39(41-29-19-23-31(24-20-29)51-53(47,48)37-17-7-11-27-9-1-3-13-33(27)37)43-35-15-5-6-16-36(35)44-40(46)42-30-21-25-32(26-22-30)52-54(49,50)38-18-8-12-28-10-2-4-14-34(28)38/h1-26H,(H2,41,43,45)(H2,42,44,46). The van der Waals surface area contributed by atoms with Crippen molar-refractivity contribution >= 4 is 76.6 Å². The zero-order chi connectivity index (χ0) is 37.7. The minimum atomic E-state index is -4.14. The lowest BCUT2D eigenvalue weighted by Gasteiger charge is -2.14. The molecule has 0 atom stereocenters. The zero-order valence-corrected chi connectivity index (χ0v) is 29.7. The van der Waals surface area contributed by atoms with Crippen LogP contribution in [0.1, 0.15) is 0 Å². The lowest BCUT2D eigenvalue weighted by atomic mass is 10.1. The summed E-state index contributed by atoms with van der Waals surface area (Å²) in [6, 6.07) is 40.9.